The van der Waals surface area contributed by atoms with E-state index in [9.17, 15) is 9.59 Å². The van der Waals surface area contributed by atoms with Crippen LogP contribution < -0.4 is 0 Å². The summed E-state index contributed by atoms with van der Waals surface area (Å²) in [5.74, 6) is 0.440. The first kappa shape index (κ1) is 22.5. The van der Waals surface area contributed by atoms with Crippen LogP contribution in [0.1, 0.15) is 42.4 Å². The smallest absolute Gasteiger partial charge is 0.274 e. The monoisotopic (exact) mass is 438 g/mol. The second kappa shape index (κ2) is 10.7. The highest BCUT2D eigenvalue weighted by molar-refractivity contribution is 5.92. The summed E-state index contributed by atoms with van der Waals surface area (Å²) in [4.78, 5) is 36.4. The summed E-state index contributed by atoms with van der Waals surface area (Å²) in [5.41, 5.74) is 1.62. The molecule has 172 valence electrons. The Balaban J connectivity index is 1.21. The van der Waals surface area contributed by atoms with Crippen LogP contribution in [-0.2, 0) is 17.8 Å². The van der Waals surface area contributed by atoms with E-state index < -0.39 is 0 Å². The van der Waals surface area contributed by atoms with Gasteiger partial charge in [0.15, 0.2) is 0 Å². The van der Waals surface area contributed by atoms with Crippen molar-refractivity contribution in [2.45, 2.75) is 39.2 Å². The molecule has 2 aliphatic rings. The van der Waals surface area contributed by atoms with Crippen LogP contribution >= 0.6 is 0 Å². The maximum atomic E-state index is 12.9. The lowest BCUT2D eigenvalue weighted by Gasteiger charge is -2.37. The minimum absolute atomic E-state index is 0.0177. The van der Waals surface area contributed by atoms with Crippen molar-refractivity contribution in [3.05, 3.63) is 48.0 Å². The summed E-state index contributed by atoms with van der Waals surface area (Å²) in [5, 5.41) is 4.35. The highest BCUT2D eigenvalue weighted by Gasteiger charge is 2.29. The van der Waals surface area contributed by atoms with E-state index >= 15 is 0 Å². The number of likely N-dealkylation sites (tertiary alicyclic amines) is 1. The van der Waals surface area contributed by atoms with Crippen LogP contribution in [0.2, 0.25) is 0 Å². The van der Waals surface area contributed by atoms with Crippen LogP contribution in [0.15, 0.2) is 36.7 Å². The quantitative estimate of drug-likeness (QED) is 0.660. The molecule has 1 atom stereocenters. The summed E-state index contributed by atoms with van der Waals surface area (Å²) in [6.45, 7) is 8.51. The summed E-state index contributed by atoms with van der Waals surface area (Å²) < 4.78 is 1.77. The molecule has 2 amide bonds. The van der Waals surface area contributed by atoms with Gasteiger partial charge in [-0.3, -0.25) is 24.2 Å². The molecule has 8 nitrogen and oxygen atoms in total. The molecule has 0 aromatic carbocycles. The molecule has 0 aliphatic carbocycles. The molecule has 2 aromatic heterocycles. The Morgan fingerprint density at radius 1 is 1.06 bits per heavy atom. The minimum atomic E-state index is -0.0177. The van der Waals surface area contributed by atoms with Crippen LogP contribution in [0, 0.1) is 5.92 Å². The third-order valence-corrected chi connectivity index (χ3v) is 6.59. The van der Waals surface area contributed by atoms with Gasteiger partial charge in [-0.1, -0.05) is 6.07 Å². The van der Waals surface area contributed by atoms with Gasteiger partial charge < -0.3 is 9.80 Å². The molecule has 0 unspecified atom stereocenters. The summed E-state index contributed by atoms with van der Waals surface area (Å²) in [7, 11) is 0. The van der Waals surface area contributed by atoms with Crippen LogP contribution in [0.25, 0.3) is 0 Å². The topological polar surface area (TPSA) is 74.6 Å². The van der Waals surface area contributed by atoms with E-state index in [0.717, 1.165) is 70.8 Å². The van der Waals surface area contributed by atoms with Crippen molar-refractivity contribution < 1.29 is 9.59 Å². The van der Waals surface area contributed by atoms with Gasteiger partial charge in [0.25, 0.3) is 5.91 Å². The first-order chi connectivity index (χ1) is 15.6. The maximum Gasteiger partial charge on any atom is 0.274 e. The minimum Gasteiger partial charge on any atom is -0.340 e. The molecule has 2 aliphatic heterocycles. The molecule has 0 N–H and O–H groups in total. The zero-order valence-corrected chi connectivity index (χ0v) is 19.0. The lowest BCUT2D eigenvalue weighted by molar-refractivity contribution is -0.134. The van der Waals surface area contributed by atoms with Gasteiger partial charge in [0.1, 0.15) is 5.69 Å². The molecular formula is C24H34N6O2. The number of nitrogens with zero attached hydrogens (tertiary/aromatic N) is 6. The fraction of sp³-hybridized carbons (Fsp3) is 0.583. The molecule has 4 heterocycles. The van der Waals surface area contributed by atoms with Gasteiger partial charge in [-0.05, 0) is 43.9 Å². The largest absolute Gasteiger partial charge is 0.340 e. The zero-order chi connectivity index (χ0) is 22.3. The average Bonchev–Trinajstić information content (AvgIpc) is 3.33. The summed E-state index contributed by atoms with van der Waals surface area (Å²) in [6.07, 6.45) is 7.10. The van der Waals surface area contributed by atoms with Gasteiger partial charge in [-0.25, -0.2) is 0 Å². The highest BCUT2D eigenvalue weighted by atomic mass is 16.2. The molecule has 2 saturated heterocycles. The van der Waals surface area contributed by atoms with Gasteiger partial charge >= 0.3 is 0 Å². The number of piperidine rings is 1. The van der Waals surface area contributed by atoms with Gasteiger partial charge in [-0.15, -0.1) is 0 Å². The van der Waals surface area contributed by atoms with Crippen molar-refractivity contribution in [3.8, 4) is 0 Å². The Labute approximate surface area is 190 Å². The molecule has 0 bridgehead atoms. The molecule has 4 rings (SSSR count). The Morgan fingerprint density at radius 2 is 1.91 bits per heavy atom. The lowest BCUT2D eigenvalue weighted by Crippen LogP contribution is -2.50. The number of carbonyl (C=O) groups excluding carboxylic acids is 2. The van der Waals surface area contributed by atoms with Crippen LogP contribution in [-0.4, -0.2) is 87.1 Å². The number of aryl methyl sites for hydroxylation is 1. The van der Waals surface area contributed by atoms with Gasteiger partial charge in [0.05, 0.1) is 0 Å². The Hall–Kier alpha value is -2.74. The van der Waals surface area contributed by atoms with Crippen molar-refractivity contribution in [1.82, 2.24) is 29.5 Å². The maximum absolute atomic E-state index is 12.9. The van der Waals surface area contributed by atoms with Crippen molar-refractivity contribution in [2.75, 3.05) is 45.8 Å². The zero-order valence-electron chi connectivity index (χ0n) is 19.0. The fourth-order valence-corrected chi connectivity index (χ4v) is 4.65. The van der Waals surface area contributed by atoms with Gasteiger partial charge in [-0.2, -0.15) is 5.10 Å². The number of aromatic nitrogens is 3. The van der Waals surface area contributed by atoms with Crippen molar-refractivity contribution in [3.63, 3.8) is 0 Å². The molecule has 2 fully saturated rings. The molecule has 8 heteroatoms. The number of rotatable bonds is 7. The molecule has 0 spiro atoms. The van der Waals surface area contributed by atoms with Gasteiger partial charge in [0.2, 0.25) is 5.91 Å². The Kier molecular flexibility index (Phi) is 7.52. The van der Waals surface area contributed by atoms with E-state index in [2.05, 4.69) is 21.0 Å². The van der Waals surface area contributed by atoms with Crippen LogP contribution in [0.4, 0.5) is 0 Å². The predicted molar refractivity (Wildman–Crippen MR) is 122 cm³/mol. The van der Waals surface area contributed by atoms with E-state index in [1.165, 1.54) is 0 Å². The van der Waals surface area contributed by atoms with E-state index in [1.54, 1.807) is 10.7 Å². The van der Waals surface area contributed by atoms with E-state index in [4.69, 9.17) is 0 Å². The van der Waals surface area contributed by atoms with E-state index in [1.807, 2.05) is 41.2 Å². The lowest BCUT2D eigenvalue weighted by atomic mass is 9.94. The van der Waals surface area contributed by atoms with Crippen molar-refractivity contribution in [1.29, 1.82) is 0 Å². The van der Waals surface area contributed by atoms with E-state index in [-0.39, 0.29) is 17.7 Å². The second-order valence-corrected chi connectivity index (χ2v) is 8.81. The third kappa shape index (κ3) is 5.73. The molecule has 32 heavy (non-hydrogen) atoms. The molecule has 0 saturated carbocycles. The predicted octanol–water partition coefficient (Wildman–Crippen LogP) is 1.93. The van der Waals surface area contributed by atoms with Crippen molar-refractivity contribution >= 4 is 11.8 Å². The summed E-state index contributed by atoms with van der Waals surface area (Å²) in [6, 6.07) is 7.81. The average molecular weight is 439 g/mol. The Morgan fingerprint density at radius 3 is 2.62 bits per heavy atom. The van der Waals surface area contributed by atoms with Gasteiger partial charge in [0, 0.05) is 83.3 Å². The first-order valence-corrected chi connectivity index (χ1v) is 11.8. The van der Waals surface area contributed by atoms with E-state index in [0.29, 0.717) is 18.7 Å². The number of carbonyl (C=O) groups is 2. The number of amides is 2. The Bertz CT molecular complexity index is 891. The SMILES string of the molecule is CCn1ccc(C(=O)N2CCC[C@@H](CC(=O)N3CCN(CCc4ccccn4)CC3)C2)n1. The number of pyridine rings is 1. The van der Waals surface area contributed by atoms with Crippen LogP contribution in [0.3, 0.4) is 0 Å². The standard InChI is InChI=1S/C24H34N6O2/c1-2-30-13-9-22(26-30)24(32)29-11-5-6-20(19-29)18-23(31)28-16-14-27(15-17-28)12-8-21-7-3-4-10-25-21/h3-4,7,9-10,13,20H,2,5-6,8,11-12,14-19H2,1H3/t20-/m0/s1. The highest BCUT2D eigenvalue weighted by Crippen LogP contribution is 2.22. The molecule has 0 radical (unpaired) electrons. The molecular weight excluding hydrogens is 404 g/mol. The fourth-order valence-electron chi connectivity index (χ4n) is 4.65. The summed E-state index contributed by atoms with van der Waals surface area (Å²) >= 11 is 0. The second-order valence-electron chi connectivity index (χ2n) is 8.81. The number of hydrogen-bond donors (Lipinski definition) is 0. The first-order valence-electron chi connectivity index (χ1n) is 11.8. The number of hydrogen-bond acceptors (Lipinski definition) is 5. The van der Waals surface area contributed by atoms with Crippen LogP contribution in [0.5, 0.6) is 0 Å². The normalized spacial score (nSPS) is 19.8. The third-order valence-electron chi connectivity index (χ3n) is 6.59. The molecule has 2 aromatic rings. The number of piperazine rings is 1. The van der Waals surface area contributed by atoms with Crippen molar-refractivity contribution in [2.24, 2.45) is 5.92 Å².